The minimum atomic E-state index is -0.407. The number of nitrogens with one attached hydrogen (secondary N) is 1. The quantitative estimate of drug-likeness (QED) is 0.769. The molecule has 0 unspecified atom stereocenters. The lowest BCUT2D eigenvalue weighted by atomic mass is 9.97. The van der Waals surface area contributed by atoms with Gasteiger partial charge in [-0.2, -0.15) is 0 Å². The van der Waals surface area contributed by atoms with E-state index in [0.717, 1.165) is 19.3 Å². The van der Waals surface area contributed by atoms with Gasteiger partial charge in [-0.1, -0.05) is 11.6 Å². The SMILES string of the molecule is CCOc1nc2cnccc2n(CC(=O)NCCC2=CCCCC2)c1=O. The molecule has 0 fully saturated rings. The van der Waals surface area contributed by atoms with E-state index in [-0.39, 0.29) is 18.3 Å². The van der Waals surface area contributed by atoms with Gasteiger partial charge in [-0.05, 0) is 45.1 Å². The molecule has 2 aromatic heterocycles. The second kappa shape index (κ2) is 8.60. The number of nitrogens with zero attached hydrogens (tertiary/aromatic N) is 3. The van der Waals surface area contributed by atoms with E-state index in [2.05, 4.69) is 21.4 Å². The van der Waals surface area contributed by atoms with Crippen molar-refractivity contribution in [2.45, 2.75) is 45.6 Å². The average molecular weight is 356 g/mol. The summed E-state index contributed by atoms with van der Waals surface area (Å²) in [6.07, 6.45) is 11.0. The Morgan fingerprint density at radius 1 is 1.38 bits per heavy atom. The molecule has 1 amide bonds. The van der Waals surface area contributed by atoms with E-state index in [0.29, 0.717) is 24.2 Å². The summed E-state index contributed by atoms with van der Waals surface area (Å²) in [5.41, 5.74) is 2.10. The van der Waals surface area contributed by atoms with Crippen molar-refractivity contribution in [2.24, 2.45) is 0 Å². The van der Waals surface area contributed by atoms with Crippen molar-refractivity contribution in [1.29, 1.82) is 0 Å². The van der Waals surface area contributed by atoms with Crippen LogP contribution in [0.25, 0.3) is 11.0 Å². The lowest BCUT2D eigenvalue weighted by Gasteiger charge is -2.14. The van der Waals surface area contributed by atoms with Crippen LogP contribution in [0.4, 0.5) is 0 Å². The molecule has 2 aromatic rings. The normalized spacial score (nSPS) is 14.1. The third kappa shape index (κ3) is 4.28. The van der Waals surface area contributed by atoms with Crippen LogP contribution in [0.3, 0.4) is 0 Å². The van der Waals surface area contributed by atoms with Crippen molar-refractivity contribution in [3.8, 4) is 5.88 Å². The topological polar surface area (TPSA) is 86.1 Å². The number of pyridine rings is 1. The first-order valence-corrected chi connectivity index (χ1v) is 9.11. The van der Waals surface area contributed by atoms with Gasteiger partial charge >= 0.3 is 5.56 Å². The maximum Gasteiger partial charge on any atom is 0.314 e. The van der Waals surface area contributed by atoms with Crippen LogP contribution in [0.5, 0.6) is 5.88 Å². The van der Waals surface area contributed by atoms with E-state index in [1.807, 2.05) is 0 Å². The Bertz CT molecular complexity index is 873. The Kier molecular flexibility index (Phi) is 5.99. The first-order chi connectivity index (χ1) is 12.7. The second-order valence-corrected chi connectivity index (χ2v) is 6.31. The van der Waals surface area contributed by atoms with Gasteiger partial charge < -0.3 is 10.1 Å². The summed E-state index contributed by atoms with van der Waals surface area (Å²) in [6, 6.07) is 1.68. The largest absolute Gasteiger partial charge is 0.474 e. The Morgan fingerprint density at radius 3 is 3.04 bits per heavy atom. The van der Waals surface area contributed by atoms with Gasteiger partial charge in [0.2, 0.25) is 5.91 Å². The predicted molar refractivity (Wildman–Crippen MR) is 99.1 cm³/mol. The predicted octanol–water partition coefficient (Wildman–Crippen LogP) is 2.20. The molecule has 0 saturated carbocycles. The minimum Gasteiger partial charge on any atom is -0.474 e. The number of rotatable bonds is 7. The molecule has 138 valence electrons. The molecule has 0 aromatic carbocycles. The molecule has 26 heavy (non-hydrogen) atoms. The molecule has 1 aliphatic rings. The maximum absolute atomic E-state index is 12.6. The number of hydrogen-bond acceptors (Lipinski definition) is 5. The summed E-state index contributed by atoms with van der Waals surface area (Å²) in [7, 11) is 0. The number of fused-ring (bicyclic) bond motifs is 1. The molecule has 1 N–H and O–H groups in total. The van der Waals surface area contributed by atoms with Crippen molar-refractivity contribution in [1.82, 2.24) is 19.9 Å². The zero-order valence-electron chi connectivity index (χ0n) is 15.0. The Labute approximate surface area is 152 Å². The Morgan fingerprint density at radius 2 is 2.27 bits per heavy atom. The first-order valence-electron chi connectivity index (χ1n) is 9.11. The fourth-order valence-electron chi connectivity index (χ4n) is 3.16. The van der Waals surface area contributed by atoms with E-state index >= 15 is 0 Å². The highest BCUT2D eigenvalue weighted by Gasteiger charge is 2.14. The Hall–Kier alpha value is -2.70. The molecular formula is C19H24N4O3. The lowest BCUT2D eigenvalue weighted by molar-refractivity contribution is -0.121. The number of amides is 1. The summed E-state index contributed by atoms with van der Waals surface area (Å²) in [5, 5.41) is 2.91. The van der Waals surface area contributed by atoms with E-state index in [9.17, 15) is 9.59 Å². The van der Waals surface area contributed by atoms with E-state index in [1.165, 1.54) is 23.0 Å². The standard InChI is InChI=1S/C19H24N4O3/c1-2-26-18-19(25)23(16-9-10-20-12-15(16)22-18)13-17(24)21-11-8-14-6-4-3-5-7-14/h6,9-10,12H,2-5,7-8,11,13H2,1H3,(H,21,24). The van der Waals surface area contributed by atoms with Crippen molar-refractivity contribution >= 4 is 16.9 Å². The summed E-state index contributed by atoms with van der Waals surface area (Å²) >= 11 is 0. The summed E-state index contributed by atoms with van der Waals surface area (Å²) < 4.78 is 6.71. The van der Waals surface area contributed by atoms with Gasteiger partial charge in [0, 0.05) is 12.7 Å². The lowest BCUT2D eigenvalue weighted by Crippen LogP contribution is -2.34. The van der Waals surface area contributed by atoms with Crippen LogP contribution in [-0.2, 0) is 11.3 Å². The van der Waals surface area contributed by atoms with Gasteiger partial charge in [0.05, 0.1) is 18.3 Å². The zero-order valence-corrected chi connectivity index (χ0v) is 15.0. The molecule has 0 aliphatic heterocycles. The van der Waals surface area contributed by atoms with Crippen LogP contribution in [0.1, 0.15) is 39.0 Å². The smallest absolute Gasteiger partial charge is 0.314 e. The van der Waals surface area contributed by atoms with Gasteiger partial charge in [0.1, 0.15) is 12.1 Å². The van der Waals surface area contributed by atoms with Gasteiger partial charge in [-0.15, -0.1) is 0 Å². The molecular weight excluding hydrogens is 332 g/mol. The van der Waals surface area contributed by atoms with Gasteiger partial charge in [0.25, 0.3) is 5.88 Å². The van der Waals surface area contributed by atoms with Crippen LogP contribution >= 0.6 is 0 Å². The van der Waals surface area contributed by atoms with Crippen molar-refractivity contribution in [3.05, 3.63) is 40.5 Å². The molecule has 0 saturated heterocycles. The fraction of sp³-hybridized carbons (Fsp3) is 0.474. The summed E-state index contributed by atoms with van der Waals surface area (Å²) in [6.45, 7) is 2.63. The second-order valence-electron chi connectivity index (χ2n) is 6.31. The van der Waals surface area contributed by atoms with E-state index in [4.69, 9.17) is 4.74 Å². The van der Waals surface area contributed by atoms with Crippen LogP contribution in [-0.4, -0.2) is 33.6 Å². The number of ether oxygens (including phenoxy) is 1. The molecule has 2 heterocycles. The highest BCUT2D eigenvalue weighted by atomic mass is 16.5. The van der Waals surface area contributed by atoms with Crippen molar-refractivity contribution in [2.75, 3.05) is 13.2 Å². The third-order valence-electron chi connectivity index (χ3n) is 4.45. The van der Waals surface area contributed by atoms with Crippen LogP contribution in [0.15, 0.2) is 34.9 Å². The first kappa shape index (κ1) is 18.1. The molecule has 0 spiro atoms. The van der Waals surface area contributed by atoms with Crippen LogP contribution in [0, 0.1) is 0 Å². The van der Waals surface area contributed by atoms with Crippen molar-refractivity contribution in [3.63, 3.8) is 0 Å². The van der Waals surface area contributed by atoms with Crippen molar-refractivity contribution < 1.29 is 9.53 Å². The molecule has 7 heteroatoms. The monoisotopic (exact) mass is 356 g/mol. The number of hydrogen-bond donors (Lipinski definition) is 1. The zero-order chi connectivity index (χ0) is 18.4. The molecule has 0 bridgehead atoms. The minimum absolute atomic E-state index is 0.00633. The van der Waals surface area contributed by atoms with Crippen LogP contribution < -0.4 is 15.6 Å². The fourth-order valence-corrected chi connectivity index (χ4v) is 3.16. The molecule has 7 nitrogen and oxygen atoms in total. The Balaban J connectivity index is 1.72. The highest BCUT2D eigenvalue weighted by Crippen LogP contribution is 2.19. The number of carbonyl (C=O) groups is 1. The average Bonchev–Trinajstić information content (AvgIpc) is 2.66. The van der Waals surface area contributed by atoms with E-state index < -0.39 is 5.56 Å². The third-order valence-corrected chi connectivity index (χ3v) is 4.45. The maximum atomic E-state index is 12.6. The van der Waals surface area contributed by atoms with Gasteiger partial charge in [-0.25, -0.2) is 4.98 Å². The molecule has 0 radical (unpaired) electrons. The number of allylic oxidation sites excluding steroid dienone is 1. The summed E-state index contributed by atoms with van der Waals surface area (Å²) in [4.78, 5) is 33.2. The number of carbonyl (C=O) groups excluding carboxylic acids is 1. The van der Waals surface area contributed by atoms with Crippen LogP contribution in [0.2, 0.25) is 0 Å². The number of aromatic nitrogens is 3. The van der Waals surface area contributed by atoms with E-state index in [1.54, 1.807) is 25.4 Å². The molecule has 1 aliphatic carbocycles. The summed E-state index contributed by atoms with van der Waals surface area (Å²) in [5.74, 6) is -0.205. The molecule has 3 rings (SSSR count). The van der Waals surface area contributed by atoms with Gasteiger partial charge in [0.15, 0.2) is 0 Å². The molecule has 0 atom stereocenters. The highest BCUT2D eigenvalue weighted by molar-refractivity contribution is 5.79. The van der Waals surface area contributed by atoms with Gasteiger partial charge in [-0.3, -0.25) is 19.1 Å².